The number of hydrogen-bond donors (Lipinski definition) is 2. The van der Waals surface area contributed by atoms with E-state index >= 15 is 0 Å². The molecule has 1 heterocycles. The minimum Gasteiger partial charge on any atom is -0.381 e. The average molecular weight is 291 g/mol. The predicted molar refractivity (Wildman–Crippen MR) is 64.3 cm³/mol. The molecule has 9 heteroatoms. The number of sulfonamides is 1. The lowest BCUT2D eigenvalue weighted by Gasteiger charge is -2.04. The third kappa shape index (κ3) is 2.30. The number of rotatable bonds is 2. The van der Waals surface area contributed by atoms with E-state index in [2.05, 4.69) is 5.10 Å². The van der Waals surface area contributed by atoms with E-state index in [1.165, 1.54) is 18.3 Å². The van der Waals surface area contributed by atoms with E-state index < -0.39 is 15.8 Å². The summed E-state index contributed by atoms with van der Waals surface area (Å²) in [5.41, 5.74) is 5.44. The van der Waals surface area contributed by atoms with E-state index in [0.29, 0.717) is 0 Å². The van der Waals surface area contributed by atoms with Gasteiger partial charge in [-0.2, -0.15) is 0 Å². The summed E-state index contributed by atoms with van der Waals surface area (Å²) in [6.45, 7) is 0. The Morgan fingerprint density at radius 3 is 2.50 bits per heavy atom. The van der Waals surface area contributed by atoms with E-state index in [-0.39, 0.29) is 21.4 Å². The fourth-order valence-electron chi connectivity index (χ4n) is 1.34. The van der Waals surface area contributed by atoms with Crippen LogP contribution in [0.25, 0.3) is 5.69 Å². The van der Waals surface area contributed by atoms with Crippen LogP contribution in [0.15, 0.2) is 29.3 Å². The first-order valence-electron chi connectivity index (χ1n) is 4.62. The maximum Gasteiger partial charge on any atom is 0.238 e. The zero-order valence-corrected chi connectivity index (χ0v) is 10.4. The van der Waals surface area contributed by atoms with Crippen LogP contribution in [-0.2, 0) is 10.0 Å². The molecule has 4 N–H and O–H groups in total. The Bertz CT molecular complexity index is 694. The van der Waals surface area contributed by atoms with Crippen LogP contribution in [0.1, 0.15) is 0 Å². The Balaban J connectivity index is 2.54. The number of anilines is 1. The van der Waals surface area contributed by atoms with Crippen LogP contribution in [0.2, 0.25) is 5.02 Å². The van der Waals surface area contributed by atoms with Gasteiger partial charge in [0.2, 0.25) is 10.0 Å². The van der Waals surface area contributed by atoms with Gasteiger partial charge in [0.25, 0.3) is 0 Å². The van der Waals surface area contributed by atoms with Gasteiger partial charge in [-0.15, -0.1) is 5.10 Å². The summed E-state index contributed by atoms with van der Waals surface area (Å²) in [6.07, 6.45) is 1.31. The van der Waals surface area contributed by atoms with Crippen molar-refractivity contribution in [3.63, 3.8) is 0 Å². The monoisotopic (exact) mass is 290 g/mol. The van der Waals surface area contributed by atoms with Crippen LogP contribution < -0.4 is 10.9 Å². The van der Waals surface area contributed by atoms with Crippen molar-refractivity contribution in [3.8, 4) is 5.69 Å². The Morgan fingerprint density at radius 2 is 2.06 bits per heavy atom. The molecule has 0 saturated heterocycles. The fourth-order valence-corrected chi connectivity index (χ4v) is 2.00. The Labute approximate surface area is 107 Å². The maximum atomic E-state index is 13.7. The first kappa shape index (κ1) is 12.8. The molecule has 0 amide bonds. The van der Waals surface area contributed by atoms with Crippen LogP contribution in [0, 0.1) is 5.82 Å². The molecule has 0 aliphatic heterocycles. The number of nitrogen functional groups attached to an aromatic ring is 1. The maximum absolute atomic E-state index is 13.7. The highest BCUT2D eigenvalue weighted by Crippen LogP contribution is 2.22. The molecule has 0 atom stereocenters. The Morgan fingerprint density at radius 1 is 1.39 bits per heavy atom. The number of primary sulfonamides is 1. The van der Waals surface area contributed by atoms with Crippen LogP contribution in [-0.4, -0.2) is 18.2 Å². The standard InChI is InChI=1S/C9H8ClFN4O2S/c10-6-4-15(14-9(6)12)8-2-1-5(3-7(8)11)18(13,16)17/h1-4H,(H2,12,14)(H2,13,16,17). The molecule has 96 valence electrons. The van der Waals surface area contributed by atoms with E-state index in [1.54, 1.807) is 0 Å². The van der Waals surface area contributed by atoms with Crippen LogP contribution >= 0.6 is 11.6 Å². The van der Waals surface area contributed by atoms with Gasteiger partial charge < -0.3 is 5.73 Å². The van der Waals surface area contributed by atoms with Gasteiger partial charge >= 0.3 is 0 Å². The SMILES string of the molecule is Nc1nn(-c2ccc(S(N)(=O)=O)cc2F)cc1Cl. The highest BCUT2D eigenvalue weighted by Gasteiger charge is 2.14. The Kier molecular flexibility index (Phi) is 3.01. The van der Waals surface area contributed by atoms with Crippen LogP contribution in [0.4, 0.5) is 10.2 Å². The van der Waals surface area contributed by atoms with Crippen LogP contribution in [0.3, 0.4) is 0 Å². The molecule has 0 saturated carbocycles. The number of halogens is 2. The topological polar surface area (TPSA) is 104 Å². The minimum atomic E-state index is -3.95. The molecule has 0 aliphatic rings. The fraction of sp³-hybridized carbons (Fsp3) is 0. The van der Waals surface area contributed by atoms with Crippen LogP contribution in [0.5, 0.6) is 0 Å². The number of hydrogen-bond acceptors (Lipinski definition) is 4. The van der Waals surface area contributed by atoms with Crippen molar-refractivity contribution >= 4 is 27.4 Å². The summed E-state index contributed by atoms with van der Waals surface area (Å²) in [5.74, 6) is -0.757. The normalized spacial score (nSPS) is 11.7. The summed E-state index contributed by atoms with van der Waals surface area (Å²) in [6, 6.07) is 3.19. The molecule has 0 unspecified atom stereocenters. The van der Waals surface area contributed by atoms with Crippen molar-refractivity contribution in [3.05, 3.63) is 35.2 Å². The van der Waals surface area contributed by atoms with Crippen molar-refractivity contribution in [2.45, 2.75) is 4.90 Å². The molecular formula is C9H8ClFN4O2S. The van der Waals surface area contributed by atoms with Gasteiger partial charge in [-0.05, 0) is 18.2 Å². The lowest BCUT2D eigenvalue weighted by Crippen LogP contribution is -2.13. The highest BCUT2D eigenvalue weighted by atomic mass is 35.5. The van der Waals surface area contributed by atoms with Gasteiger partial charge in [0, 0.05) is 0 Å². The molecular weight excluding hydrogens is 283 g/mol. The zero-order valence-electron chi connectivity index (χ0n) is 8.84. The minimum absolute atomic E-state index is 0.0148. The molecule has 0 aliphatic carbocycles. The molecule has 0 radical (unpaired) electrons. The molecule has 1 aromatic carbocycles. The van der Waals surface area contributed by atoms with E-state index in [1.807, 2.05) is 0 Å². The largest absolute Gasteiger partial charge is 0.381 e. The molecule has 0 fully saturated rings. The van der Waals surface area contributed by atoms with Gasteiger partial charge in [-0.3, -0.25) is 0 Å². The second-order valence-electron chi connectivity index (χ2n) is 3.47. The molecule has 6 nitrogen and oxygen atoms in total. The first-order valence-corrected chi connectivity index (χ1v) is 6.55. The summed E-state index contributed by atoms with van der Waals surface area (Å²) in [5, 5.41) is 8.83. The van der Waals surface area contributed by atoms with Crippen molar-refractivity contribution in [2.75, 3.05) is 5.73 Å². The molecule has 18 heavy (non-hydrogen) atoms. The van der Waals surface area contributed by atoms with E-state index in [4.69, 9.17) is 22.5 Å². The van der Waals surface area contributed by atoms with Gasteiger partial charge in [0.1, 0.15) is 16.5 Å². The molecule has 0 bridgehead atoms. The van der Waals surface area contributed by atoms with E-state index in [0.717, 1.165) is 10.7 Å². The van der Waals surface area contributed by atoms with Gasteiger partial charge in [-0.25, -0.2) is 22.6 Å². The van der Waals surface area contributed by atoms with Gasteiger partial charge in [-0.1, -0.05) is 11.6 Å². The smallest absolute Gasteiger partial charge is 0.238 e. The van der Waals surface area contributed by atoms with Gasteiger partial charge in [0.15, 0.2) is 5.82 Å². The third-order valence-electron chi connectivity index (χ3n) is 2.19. The summed E-state index contributed by atoms with van der Waals surface area (Å²) in [7, 11) is -3.95. The lowest BCUT2D eigenvalue weighted by molar-refractivity contribution is 0.588. The number of benzene rings is 1. The van der Waals surface area contributed by atoms with Crippen molar-refractivity contribution in [2.24, 2.45) is 5.14 Å². The van der Waals surface area contributed by atoms with E-state index in [9.17, 15) is 12.8 Å². The summed E-state index contributed by atoms with van der Waals surface area (Å²) in [4.78, 5) is -0.324. The number of aromatic nitrogens is 2. The lowest BCUT2D eigenvalue weighted by atomic mass is 10.3. The molecule has 0 spiro atoms. The second-order valence-corrected chi connectivity index (χ2v) is 5.43. The summed E-state index contributed by atoms with van der Waals surface area (Å²) >= 11 is 5.69. The highest BCUT2D eigenvalue weighted by molar-refractivity contribution is 7.89. The zero-order chi connectivity index (χ0) is 13.5. The second kappa shape index (κ2) is 4.23. The average Bonchev–Trinajstić information content (AvgIpc) is 2.57. The van der Waals surface area contributed by atoms with Gasteiger partial charge in [0.05, 0.1) is 11.1 Å². The Hall–Kier alpha value is -1.64. The number of nitrogens with two attached hydrogens (primary N) is 2. The molecule has 1 aromatic heterocycles. The third-order valence-corrected chi connectivity index (χ3v) is 3.39. The van der Waals surface area contributed by atoms with Crippen molar-refractivity contribution < 1.29 is 12.8 Å². The predicted octanol–water partition coefficient (Wildman–Crippen LogP) is 0.894. The quantitative estimate of drug-likeness (QED) is 0.857. The van der Waals surface area contributed by atoms with Crippen molar-refractivity contribution in [1.29, 1.82) is 0 Å². The van der Waals surface area contributed by atoms with Crippen molar-refractivity contribution in [1.82, 2.24) is 9.78 Å². The summed E-state index contributed by atoms with van der Waals surface area (Å²) < 4.78 is 36.9. The number of nitrogens with zero attached hydrogens (tertiary/aromatic N) is 2. The first-order chi connectivity index (χ1) is 8.29. The molecule has 2 rings (SSSR count). The molecule has 2 aromatic rings.